The van der Waals surface area contributed by atoms with E-state index in [2.05, 4.69) is 20.6 Å². The predicted octanol–water partition coefficient (Wildman–Crippen LogP) is 1.71. The Hall–Kier alpha value is -3.17. The van der Waals surface area contributed by atoms with Crippen LogP contribution < -0.4 is 10.6 Å². The molecule has 0 saturated carbocycles. The number of amides is 1. The lowest BCUT2D eigenvalue weighted by Crippen LogP contribution is -2.44. The van der Waals surface area contributed by atoms with Gasteiger partial charge in [-0.2, -0.15) is 0 Å². The van der Waals surface area contributed by atoms with Gasteiger partial charge in [-0.1, -0.05) is 0 Å². The van der Waals surface area contributed by atoms with Crippen LogP contribution in [-0.2, 0) is 9.47 Å². The molecule has 9 nitrogen and oxygen atoms in total. The molecule has 28 heavy (non-hydrogen) atoms. The molecule has 144 valence electrons. The van der Waals surface area contributed by atoms with Crippen LogP contribution in [0.2, 0.25) is 0 Å². The Morgan fingerprint density at radius 3 is 2.57 bits per heavy atom. The first-order valence-corrected chi connectivity index (χ1v) is 8.99. The molecule has 2 fully saturated rings. The lowest BCUT2D eigenvalue weighted by Gasteiger charge is -2.18. The molecule has 4 atom stereocenters. The van der Waals surface area contributed by atoms with Crippen LogP contribution in [0.5, 0.6) is 0 Å². The van der Waals surface area contributed by atoms with Crippen molar-refractivity contribution in [3.05, 3.63) is 54.8 Å². The maximum absolute atomic E-state index is 12.2. The maximum atomic E-state index is 12.2. The van der Waals surface area contributed by atoms with Gasteiger partial charge in [-0.05, 0) is 30.3 Å². The number of rotatable bonds is 5. The molecular weight excluding hydrogens is 364 g/mol. The average molecular weight is 382 g/mol. The van der Waals surface area contributed by atoms with Crippen molar-refractivity contribution in [1.29, 1.82) is 0 Å². The molecule has 2 aliphatic rings. The zero-order valence-corrected chi connectivity index (χ0v) is 14.8. The maximum Gasteiger partial charge on any atom is 0.287 e. The van der Waals surface area contributed by atoms with Gasteiger partial charge in [-0.15, -0.1) is 0 Å². The standard InChI is InChI=1S/C19H18N4O5/c24-18(15-4-2-8-26-15)21-12-9-27-17-13(10-28-16(12)17)23-19-20-6-5-11(22-19)14-3-1-7-25-14/h1-8,12-13,16-17H,9-10H2,(H,21,24)(H,20,22,23)/t12-,13-,16+,17+/m0/s1. The Morgan fingerprint density at radius 2 is 1.79 bits per heavy atom. The van der Waals surface area contributed by atoms with Gasteiger partial charge in [0.15, 0.2) is 11.5 Å². The van der Waals surface area contributed by atoms with Gasteiger partial charge in [0.2, 0.25) is 5.95 Å². The second kappa shape index (κ2) is 7.10. The highest BCUT2D eigenvalue weighted by Gasteiger charge is 2.48. The van der Waals surface area contributed by atoms with Crippen molar-refractivity contribution in [1.82, 2.24) is 15.3 Å². The molecule has 0 aromatic carbocycles. The number of carbonyl (C=O) groups is 1. The minimum Gasteiger partial charge on any atom is -0.463 e. The van der Waals surface area contributed by atoms with E-state index in [-0.39, 0.29) is 36.0 Å². The van der Waals surface area contributed by atoms with E-state index >= 15 is 0 Å². The summed E-state index contributed by atoms with van der Waals surface area (Å²) in [5.74, 6) is 1.12. The summed E-state index contributed by atoms with van der Waals surface area (Å²) in [7, 11) is 0. The second-order valence-corrected chi connectivity index (χ2v) is 6.65. The van der Waals surface area contributed by atoms with Crippen molar-refractivity contribution in [3.63, 3.8) is 0 Å². The fourth-order valence-electron chi connectivity index (χ4n) is 3.55. The summed E-state index contributed by atoms with van der Waals surface area (Å²) < 4.78 is 22.3. The Balaban J connectivity index is 1.24. The smallest absolute Gasteiger partial charge is 0.287 e. The highest BCUT2D eigenvalue weighted by molar-refractivity contribution is 5.91. The lowest BCUT2D eigenvalue weighted by atomic mass is 10.1. The largest absolute Gasteiger partial charge is 0.463 e. The van der Waals surface area contributed by atoms with Crippen molar-refractivity contribution < 1.29 is 23.1 Å². The first-order valence-electron chi connectivity index (χ1n) is 8.99. The molecule has 9 heteroatoms. The van der Waals surface area contributed by atoms with Crippen LogP contribution in [-0.4, -0.2) is 53.4 Å². The van der Waals surface area contributed by atoms with Crippen molar-refractivity contribution in [2.75, 3.05) is 18.5 Å². The third kappa shape index (κ3) is 3.14. The van der Waals surface area contributed by atoms with Crippen molar-refractivity contribution in [2.45, 2.75) is 24.3 Å². The fraction of sp³-hybridized carbons (Fsp3) is 0.316. The lowest BCUT2D eigenvalue weighted by molar-refractivity contribution is 0.0646. The zero-order valence-electron chi connectivity index (χ0n) is 14.8. The monoisotopic (exact) mass is 382 g/mol. The second-order valence-electron chi connectivity index (χ2n) is 6.65. The number of hydrogen-bond donors (Lipinski definition) is 2. The van der Waals surface area contributed by atoms with E-state index < -0.39 is 0 Å². The van der Waals surface area contributed by atoms with E-state index in [1.54, 1.807) is 30.7 Å². The first-order chi connectivity index (χ1) is 13.8. The molecule has 2 aliphatic heterocycles. The molecule has 2 N–H and O–H groups in total. The number of anilines is 1. The summed E-state index contributed by atoms with van der Waals surface area (Å²) in [5, 5.41) is 6.18. The van der Waals surface area contributed by atoms with E-state index in [9.17, 15) is 4.79 Å². The van der Waals surface area contributed by atoms with Gasteiger partial charge < -0.3 is 28.9 Å². The van der Waals surface area contributed by atoms with Crippen LogP contribution in [0, 0.1) is 0 Å². The van der Waals surface area contributed by atoms with Gasteiger partial charge in [0.1, 0.15) is 17.9 Å². The molecule has 0 radical (unpaired) electrons. The van der Waals surface area contributed by atoms with E-state index in [0.717, 1.165) is 0 Å². The van der Waals surface area contributed by atoms with E-state index in [4.69, 9.17) is 18.3 Å². The van der Waals surface area contributed by atoms with Crippen LogP contribution in [0.4, 0.5) is 5.95 Å². The van der Waals surface area contributed by atoms with Gasteiger partial charge >= 0.3 is 0 Å². The normalized spacial score (nSPS) is 26.1. The Bertz CT molecular complexity index is 943. The number of fused-ring (bicyclic) bond motifs is 1. The van der Waals surface area contributed by atoms with Gasteiger partial charge in [-0.25, -0.2) is 9.97 Å². The molecule has 2 saturated heterocycles. The molecule has 3 aromatic rings. The molecule has 0 aliphatic carbocycles. The molecule has 5 rings (SSSR count). The van der Waals surface area contributed by atoms with Crippen LogP contribution in [0.1, 0.15) is 10.6 Å². The topological polar surface area (TPSA) is 112 Å². The van der Waals surface area contributed by atoms with Gasteiger partial charge in [0, 0.05) is 6.20 Å². The van der Waals surface area contributed by atoms with E-state index in [1.807, 2.05) is 12.1 Å². The number of furan rings is 2. The Kier molecular flexibility index (Phi) is 4.30. The predicted molar refractivity (Wildman–Crippen MR) is 96.6 cm³/mol. The zero-order chi connectivity index (χ0) is 18.9. The minimum atomic E-state index is -0.284. The number of nitrogens with one attached hydrogen (secondary N) is 2. The van der Waals surface area contributed by atoms with Crippen LogP contribution in [0.3, 0.4) is 0 Å². The average Bonchev–Trinajstić information content (AvgIpc) is 3.50. The first kappa shape index (κ1) is 17.0. The molecule has 0 unspecified atom stereocenters. The SMILES string of the molecule is O=C(N[C@H]1CO[C@H]2[C@@H]1OC[C@@H]2Nc1nccc(-c2ccco2)n1)c1ccco1. The summed E-state index contributed by atoms with van der Waals surface area (Å²) in [6.07, 6.45) is 4.28. The van der Waals surface area contributed by atoms with Gasteiger partial charge in [0.05, 0.1) is 37.8 Å². The Labute approximate surface area is 160 Å². The summed E-state index contributed by atoms with van der Waals surface area (Å²) in [4.78, 5) is 21.0. The number of aromatic nitrogens is 2. The molecule has 1 amide bonds. The summed E-state index contributed by atoms with van der Waals surface area (Å²) in [5.41, 5.74) is 0.689. The van der Waals surface area contributed by atoms with Crippen LogP contribution in [0.25, 0.3) is 11.5 Å². The van der Waals surface area contributed by atoms with Crippen molar-refractivity contribution >= 4 is 11.9 Å². The molecule has 3 aromatic heterocycles. The highest BCUT2D eigenvalue weighted by atomic mass is 16.6. The summed E-state index contributed by atoms with van der Waals surface area (Å²) >= 11 is 0. The number of ether oxygens (including phenoxy) is 2. The number of nitrogens with zero attached hydrogens (tertiary/aromatic N) is 2. The van der Waals surface area contributed by atoms with Crippen molar-refractivity contribution in [3.8, 4) is 11.5 Å². The molecule has 0 spiro atoms. The van der Waals surface area contributed by atoms with E-state index in [0.29, 0.717) is 30.6 Å². The third-order valence-corrected chi connectivity index (χ3v) is 4.86. The summed E-state index contributed by atoms with van der Waals surface area (Å²) in [6.45, 7) is 0.796. The number of carbonyl (C=O) groups excluding carboxylic acids is 1. The van der Waals surface area contributed by atoms with Crippen molar-refractivity contribution in [2.24, 2.45) is 0 Å². The van der Waals surface area contributed by atoms with Gasteiger partial charge in [0.25, 0.3) is 5.91 Å². The highest BCUT2D eigenvalue weighted by Crippen LogP contribution is 2.29. The molecular formula is C19H18N4O5. The molecule has 0 bridgehead atoms. The Morgan fingerprint density at radius 1 is 1.00 bits per heavy atom. The number of hydrogen-bond acceptors (Lipinski definition) is 8. The summed E-state index contributed by atoms with van der Waals surface area (Å²) in [6, 6.07) is 8.35. The minimum absolute atomic E-state index is 0.123. The third-order valence-electron chi connectivity index (χ3n) is 4.86. The van der Waals surface area contributed by atoms with Gasteiger partial charge in [-0.3, -0.25) is 4.79 Å². The van der Waals surface area contributed by atoms with Crippen LogP contribution >= 0.6 is 0 Å². The quantitative estimate of drug-likeness (QED) is 0.686. The molecule has 5 heterocycles. The fourth-order valence-corrected chi connectivity index (χ4v) is 3.55. The van der Waals surface area contributed by atoms with E-state index in [1.165, 1.54) is 6.26 Å². The van der Waals surface area contributed by atoms with Crippen LogP contribution in [0.15, 0.2) is 57.9 Å².